The molecule has 20 nitrogen and oxygen atoms in total. The second kappa shape index (κ2) is 35.2. The Balaban J connectivity index is 0.000000199. The second-order valence-corrected chi connectivity index (χ2v) is 26.2. The SMILES string of the molecule is CC1=NCC(=O)N1C.CNc1cc2sc(C=O)cc2s1.COCCOCCN(C)c1cc2sc(/C=C3\N=C(C)N(C)C3=O)cc2s1.COCCOCCN(C)c1cc2sc(C=O)cc2s1.COCCOCCOS(=O)(=O)c1ccc(C)cc1. The number of carbonyl (C=O) groups excluding carboxylic acids is 4. The Labute approximate surface area is 509 Å². The number of aryl methyl sites for hydroxylation is 1. The molecule has 8 heterocycles. The molecule has 0 saturated heterocycles. The fourth-order valence-electron chi connectivity index (χ4n) is 6.98. The van der Waals surface area contributed by atoms with E-state index in [1.165, 1.54) is 73.0 Å². The molecule has 0 atom stereocenters. The van der Waals surface area contributed by atoms with E-state index in [1.54, 1.807) is 103 Å². The van der Waals surface area contributed by atoms with Crippen molar-refractivity contribution in [2.24, 2.45) is 9.98 Å². The number of hydrogen-bond donors (Lipinski definition) is 1. The molecule has 83 heavy (non-hydrogen) atoms. The number of likely N-dealkylation sites (N-methyl/N-ethyl adjacent to an activating group) is 4. The summed E-state index contributed by atoms with van der Waals surface area (Å²) in [5, 5.41) is 6.64. The molecule has 0 aliphatic carbocycles. The summed E-state index contributed by atoms with van der Waals surface area (Å²) in [5.74, 6) is 1.59. The molecule has 27 heteroatoms. The van der Waals surface area contributed by atoms with E-state index in [1.807, 2.05) is 46.0 Å². The maximum Gasteiger partial charge on any atom is 0.297 e. The number of hydrogen-bond acceptors (Lipinski definition) is 24. The highest BCUT2D eigenvalue weighted by atomic mass is 32.2. The highest BCUT2D eigenvalue weighted by Crippen LogP contribution is 2.39. The van der Waals surface area contributed by atoms with E-state index in [-0.39, 0.29) is 29.9 Å². The largest absolute Gasteiger partial charge is 0.382 e. The zero-order valence-corrected chi connectivity index (χ0v) is 54.3. The lowest BCUT2D eigenvalue weighted by Crippen LogP contribution is -2.25. The van der Waals surface area contributed by atoms with Crippen LogP contribution in [-0.4, -0.2) is 197 Å². The first kappa shape index (κ1) is 68.4. The van der Waals surface area contributed by atoms with Crippen LogP contribution < -0.4 is 15.1 Å². The Morgan fingerprint density at radius 2 is 1.05 bits per heavy atom. The van der Waals surface area contributed by atoms with Crippen LogP contribution in [0.25, 0.3) is 34.3 Å². The van der Waals surface area contributed by atoms with Gasteiger partial charge in [-0.15, -0.1) is 68.0 Å². The number of ether oxygens (including phenoxy) is 6. The van der Waals surface area contributed by atoms with E-state index in [9.17, 15) is 27.6 Å². The minimum Gasteiger partial charge on any atom is -0.382 e. The maximum atomic E-state index is 12.1. The topological polar surface area (TPSA) is 217 Å². The molecule has 7 aromatic rings. The summed E-state index contributed by atoms with van der Waals surface area (Å²) in [6.45, 7) is 12.6. The predicted molar refractivity (Wildman–Crippen MR) is 343 cm³/mol. The summed E-state index contributed by atoms with van der Waals surface area (Å²) < 4.78 is 66.2. The number of rotatable bonds is 26. The van der Waals surface area contributed by atoms with Gasteiger partial charge in [0.25, 0.3) is 16.0 Å². The number of amides is 2. The van der Waals surface area contributed by atoms with Crippen LogP contribution in [0.2, 0.25) is 0 Å². The molecule has 9 rings (SSSR count). The van der Waals surface area contributed by atoms with Gasteiger partial charge in [0.1, 0.15) is 23.9 Å². The lowest BCUT2D eigenvalue weighted by molar-refractivity contribution is -0.124. The van der Waals surface area contributed by atoms with Crippen LogP contribution in [0.3, 0.4) is 0 Å². The molecule has 0 saturated carbocycles. The van der Waals surface area contributed by atoms with E-state index in [0.717, 1.165) is 62.5 Å². The molecule has 6 aromatic heterocycles. The molecule has 0 spiro atoms. The molecule has 452 valence electrons. The summed E-state index contributed by atoms with van der Waals surface area (Å²) in [6.07, 6.45) is 3.68. The van der Waals surface area contributed by atoms with Crippen molar-refractivity contribution in [2.45, 2.75) is 25.7 Å². The van der Waals surface area contributed by atoms with Gasteiger partial charge in [0.15, 0.2) is 12.6 Å². The Hall–Kier alpha value is -5.37. The molecule has 1 aromatic carbocycles. The molecular weight excluding hydrogens is 1200 g/mol. The third kappa shape index (κ3) is 21.6. The quantitative estimate of drug-likeness (QED) is 0.0231. The normalized spacial score (nSPS) is 13.5. The number of nitrogens with one attached hydrogen (secondary N) is 1. The summed E-state index contributed by atoms with van der Waals surface area (Å²) >= 11 is 9.89. The van der Waals surface area contributed by atoms with Gasteiger partial charge in [-0.1, -0.05) is 17.7 Å². The van der Waals surface area contributed by atoms with E-state index in [4.69, 9.17) is 32.6 Å². The van der Waals surface area contributed by atoms with E-state index < -0.39 is 10.1 Å². The van der Waals surface area contributed by atoms with E-state index in [0.29, 0.717) is 65.1 Å². The van der Waals surface area contributed by atoms with E-state index in [2.05, 4.69) is 63.5 Å². The summed E-state index contributed by atoms with van der Waals surface area (Å²) in [6, 6.07) is 18.9. The number of carbonyl (C=O) groups is 4. The van der Waals surface area contributed by atoms with Gasteiger partial charge in [-0.3, -0.25) is 33.3 Å². The number of amidine groups is 2. The Morgan fingerprint density at radius 1 is 0.590 bits per heavy atom. The first-order chi connectivity index (χ1) is 39.8. The highest BCUT2D eigenvalue weighted by Gasteiger charge is 2.24. The van der Waals surface area contributed by atoms with Crippen LogP contribution in [0, 0.1) is 6.92 Å². The van der Waals surface area contributed by atoms with Gasteiger partial charge in [0, 0.05) is 103 Å². The van der Waals surface area contributed by atoms with Gasteiger partial charge >= 0.3 is 0 Å². The van der Waals surface area contributed by atoms with Gasteiger partial charge < -0.3 is 48.4 Å². The molecular formula is C56H73N7O13S7. The third-order valence-corrected chi connectivity index (χ3v) is 20.2. The first-order valence-electron chi connectivity index (χ1n) is 25.9. The Kier molecular flexibility index (Phi) is 29.0. The number of nitrogens with zero attached hydrogens (tertiary/aromatic N) is 6. The summed E-state index contributed by atoms with van der Waals surface area (Å²) in [7, 11) is 10.7. The first-order valence-corrected chi connectivity index (χ1v) is 32.2. The van der Waals surface area contributed by atoms with Crippen LogP contribution in [0.5, 0.6) is 0 Å². The summed E-state index contributed by atoms with van der Waals surface area (Å²) in [5.41, 5.74) is 1.50. The second-order valence-electron chi connectivity index (χ2n) is 18.0. The van der Waals surface area contributed by atoms with Crippen LogP contribution in [-0.2, 0) is 52.3 Å². The van der Waals surface area contributed by atoms with Crippen LogP contribution in [0.15, 0.2) is 81.2 Å². The summed E-state index contributed by atoms with van der Waals surface area (Å²) in [4.78, 5) is 62.4. The molecule has 0 radical (unpaired) electrons. The monoisotopic (exact) mass is 1280 g/mol. The Bertz CT molecular complexity index is 3280. The predicted octanol–water partition coefficient (Wildman–Crippen LogP) is 10.2. The smallest absolute Gasteiger partial charge is 0.297 e. The van der Waals surface area contributed by atoms with Crippen LogP contribution in [0.1, 0.15) is 43.6 Å². The van der Waals surface area contributed by atoms with Crippen molar-refractivity contribution in [3.8, 4) is 0 Å². The van der Waals surface area contributed by atoms with Crippen molar-refractivity contribution in [1.29, 1.82) is 0 Å². The molecule has 2 aliphatic rings. The van der Waals surface area contributed by atoms with Crippen LogP contribution in [0.4, 0.5) is 15.0 Å². The number of aliphatic imine (C=N–C) groups is 2. The lowest BCUT2D eigenvalue weighted by Gasteiger charge is -2.16. The number of benzene rings is 1. The van der Waals surface area contributed by atoms with Crippen molar-refractivity contribution in [3.05, 3.63) is 86.6 Å². The molecule has 1 N–H and O–H groups in total. The lowest BCUT2D eigenvalue weighted by atomic mass is 10.2. The molecule has 0 bridgehead atoms. The number of fused-ring (bicyclic) bond motifs is 3. The van der Waals surface area contributed by atoms with Gasteiger partial charge in [-0.2, -0.15) is 8.42 Å². The van der Waals surface area contributed by atoms with Gasteiger partial charge in [-0.25, -0.2) is 4.99 Å². The fraction of sp³-hybridized carbons (Fsp3) is 0.429. The number of aldehydes is 2. The van der Waals surface area contributed by atoms with Crippen molar-refractivity contribution >= 4 is 163 Å². The minimum absolute atomic E-state index is 0.0000753. The Morgan fingerprint density at radius 3 is 1.46 bits per heavy atom. The maximum absolute atomic E-state index is 12.1. The van der Waals surface area contributed by atoms with E-state index >= 15 is 0 Å². The van der Waals surface area contributed by atoms with Gasteiger partial charge in [0.05, 0.1) is 95.7 Å². The number of thiophene rings is 6. The van der Waals surface area contributed by atoms with Crippen molar-refractivity contribution in [1.82, 2.24) is 9.80 Å². The molecule has 0 unspecified atom stereocenters. The number of methoxy groups -OCH3 is 3. The minimum atomic E-state index is -3.68. The van der Waals surface area contributed by atoms with Gasteiger partial charge in [-0.05, 0) is 75.4 Å². The standard InChI is InChI=1S/C18H23N3O3S2.C13H17NO3S2.C12H18O5S.C8H7NOS2.C5H8N2O/c1-12-19-14(18(22)21(12)3)9-13-10-15-16(25-13)11-17(26-15)20(2)5-6-24-8-7-23-4;1-14(3-4-17-6-5-16-2)13-8-12-11(19-13)7-10(9-15)18-12;1-11-3-5-12(6-4-11)18(13,14)17-10-9-16-8-7-15-2;1-9-8-3-7-6(12-8)2-5(4-10)11-7;1-4-6-3-5(8)7(4)2/h9-11H,5-8H2,1-4H3;7-9H,3-6H2,1-2H3;3-6H,7-10H2,1-2H3;2-4,9H,1H3;3H2,1-2H3/b14-9-;;;;. The average molecular weight is 1280 g/mol. The molecule has 2 aliphatic heterocycles. The van der Waals surface area contributed by atoms with Crippen LogP contribution >= 0.6 is 68.0 Å². The number of anilines is 3. The van der Waals surface area contributed by atoms with Crippen molar-refractivity contribution in [3.63, 3.8) is 0 Å². The zero-order valence-electron chi connectivity index (χ0n) is 48.5. The average Bonchev–Trinajstić information content (AvgIpc) is 4.57. The fourth-order valence-corrected chi connectivity index (χ4v) is 14.5. The van der Waals surface area contributed by atoms with Crippen molar-refractivity contribution in [2.75, 3.05) is 157 Å². The zero-order chi connectivity index (χ0) is 60.5. The molecule has 2 amide bonds. The third-order valence-electron chi connectivity index (χ3n) is 12.0. The molecule has 0 fully saturated rings. The highest BCUT2D eigenvalue weighted by molar-refractivity contribution is 7.86. The van der Waals surface area contributed by atoms with Crippen molar-refractivity contribution < 1.29 is 60.2 Å². The van der Waals surface area contributed by atoms with Gasteiger partial charge in [0.2, 0.25) is 5.91 Å².